The summed E-state index contributed by atoms with van der Waals surface area (Å²) in [5, 5.41) is 11.3. The second-order valence-corrected chi connectivity index (χ2v) is 6.35. The first-order valence-electron chi connectivity index (χ1n) is 6.45. The Bertz CT molecular complexity index is 764. The third-order valence-electron chi connectivity index (χ3n) is 3.66. The highest BCUT2D eigenvalue weighted by atomic mass is 32.2. The number of hydrogen-bond acceptors (Lipinski definition) is 4. The topological polar surface area (TPSA) is 77.8 Å². The fraction of sp³-hybridized carbons (Fsp3) is 0.286. The number of hydrogen-bond donors (Lipinski definition) is 2. The lowest BCUT2D eigenvalue weighted by Crippen LogP contribution is -2.18. The van der Waals surface area contributed by atoms with Gasteiger partial charge in [0.05, 0.1) is 5.69 Å². The molecule has 1 aliphatic heterocycles. The Morgan fingerprint density at radius 2 is 1.65 bits per heavy atom. The number of fused-ring (bicyclic) bond motifs is 1. The SMILES string of the molecule is O=S(=O)(O)c1cc(O)c(N2CCCC2)c2ccccc12. The molecule has 3 rings (SSSR count). The van der Waals surface area contributed by atoms with Crippen molar-refractivity contribution < 1.29 is 18.1 Å². The summed E-state index contributed by atoms with van der Waals surface area (Å²) in [6.07, 6.45) is 2.10. The first-order chi connectivity index (χ1) is 9.48. The first-order valence-corrected chi connectivity index (χ1v) is 7.89. The molecule has 5 nitrogen and oxygen atoms in total. The van der Waals surface area contributed by atoms with Crippen LogP contribution in [0.2, 0.25) is 0 Å². The van der Waals surface area contributed by atoms with Crippen molar-refractivity contribution in [3.63, 3.8) is 0 Å². The van der Waals surface area contributed by atoms with Crippen molar-refractivity contribution in [2.24, 2.45) is 0 Å². The van der Waals surface area contributed by atoms with Gasteiger partial charge in [0.25, 0.3) is 10.1 Å². The van der Waals surface area contributed by atoms with E-state index in [4.69, 9.17) is 0 Å². The number of phenolic OH excluding ortho intramolecular Hbond substituents is 1. The molecule has 1 fully saturated rings. The van der Waals surface area contributed by atoms with E-state index in [0.29, 0.717) is 16.5 Å². The molecule has 0 atom stereocenters. The van der Waals surface area contributed by atoms with E-state index in [1.165, 1.54) is 0 Å². The molecule has 0 aliphatic carbocycles. The van der Waals surface area contributed by atoms with Crippen molar-refractivity contribution in [1.29, 1.82) is 0 Å². The zero-order valence-corrected chi connectivity index (χ0v) is 11.6. The smallest absolute Gasteiger partial charge is 0.295 e. The van der Waals surface area contributed by atoms with Crippen LogP contribution in [0.25, 0.3) is 10.8 Å². The number of benzene rings is 2. The van der Waals surface area contributed by atoms with E-state index in [-0.39, 0.29) is 10.6 Å². The molecule has 2 aromatic carbocycles. The Hall–Kier alpha value is -1.79. The summed E-state index contributed by atoms with van der Waals surface area (Å²) in [4.78, 5) is 1.79. The van der Waals surface area contributed by atoms with E-state index in [0.717, 1.165) is 32.0 Å². The lowest BCUT2D eigenvalue weighted by Gasteiger charge is -2.22. The zero-order valence-electron chi connectivity index (χ0n) is 10.8. The van der Waals surface area contributed by atoms with Crippen LogP contribution < -0.4 is 4.90 Å². The molecule has 0 unspecified atom stereocenters. The molecule has 0 amide bonds. The number of phenols is 1. The van der Waals surface area contributed by atoms with Crippen LogP contribution >= 0.6 is 0 Å². The summed E-state index contributed by atoms with van der Waals surface area (Å²) in [5.41, 5.74) is 0.644. The van der Waals surface area contributed by atoms with Gasteiger partial charge in [0.15, 0.2) is 0 Å². The predicted octanol–water partition coefficient (Wildman–Crippen LogP) is 2.39. The van der Waals surface area contributed by atoms with Crippen molar-refractivity contribution in [3.05, 3.63) is 30.3 Å². The molecule has 20 heavy (non-hydrogen) atoms. The Balaban J connectivity index is 2.35. The van der Waals surface area contributed by atoms with Crippen molar-refractivity contribution in [3.8, 4) is 5.75 Å². The van der Waals surface area contributed by atoms with E-state index < -0.39 is 10.1 Å². The fourth-order valence-electron chi connectivity index (χ4n) is 2.80. The molecule has 0 saturated carbocycles. The van der Waals surface area contributed by atoms with Crippen LogP contribution in [-0.2, 0) is 10.1 Å². The third-order valence-corrected chi connectivity index (χ3v) is 4.55. The van der Waals surface area contributed by atoms with Gasteiger partial charge in [-0.3, -0.25) is 4.55 Å². The number of aromatic hydroxyl groups is 1. The van der Waals surface area contributed by atoms with Crippen LogP contribution in [0.3, 0.4) is 0 Å². The van der Waals surface area contributed by atoms with Gasteiger partial charge in [0.1, 0.15) is 10.6 Å². The lowest BCUT2D eigenvalue weighted by atomic mass is 10.1. The minimum absolute atomic E-state index is 0.113. The summed E-state index contributed by atoms with van der Waals surface area (Å²) in [7, 11) is -4.37. The molecule has 0 aromatic heterocycles. The minimum atomic E-state index is -4.37. The van der Waals surface area contributed by atoms with Gasteiger partial charge in [-0.05, 0) is 12.8 Å². The first kappa shape index (κ1) is 13.2. The summed E-state index contributed by atoms with van der Waals surface area (Å²) in [5.74, 6) is -0.113. The third kappa shape index (κ3) is 2.10. The van der Waals surface area contributed by atoms with Crippen LogP contribution in [0.15, 0.2) is 35.2 Å². The van der Waals surface area contributed by atoms with Gasteiger partial charge >= 0.3 is 0 Å². The van der Waals surface area contributed by atoms with Gasteiger partial charge in [-0.15, -0.1) is 0 Å². The Morgan fingerprint density at radius 1 is 1.05 bits per heavy atom. The summed E-state index contributed by atoms with van der Waals surface area (Å²) in [6.45, 7) is 1.67. The molecule has 6 heteroatoms. The van der Waals surface area contributed by atoms with Crippen LogP contribution in [-0.4, -0.2) is 31.2 Å². The normalized spacial score (nSPS) is 15.9. The molecule has 2 N–H and O–H groups in total. The molecular weight excluding hydrogens is 278 g/mol. The van der Waals surface area contributed by atoms with Crippen molar-refractivity contribution >= 4 is 26.6 Å². The Labute approximate surface area is 117 Å². The summed E-state index contributed by atoms with van der Waals surface area (Å²) in [6, 6.07) is 8.02. The molecule has 1 saturated heterocycles. The van der Waals surface area contributed by atoms with E-state index in [2.05, 4.69) is 0 Å². The minimum Gasteiger partial charge on any atom is -0.506 e. The molecule has 1 heterocycles. The maximum absolute atomic E-state index is 11.5. The highest BCUT2D eigenvalue weighted by Gasteiger charge is 2.23. The van der Waals surface area contributed by atoms with Crippen LogP contribution in [0.5, 0.6) is 5.75 Å². The zero-order chi connectivity index (χ0) is 14.3. The quantitative estimate of drug-likeness (QED) is 0.831. The van der Waals surface area contributed by atoms with Gasteiger partial charge in [-0.2, -0.15) is 8.42 Å². The average molecular weight is 293 g/mol. The molecule has 2 aromatic rings. The highest BCUT2D eigenvalue weighted by molar-refractivity contribution is 7.86. The standard InChI is InChI=1S/C14H15NO4S/c16-12-9-13(20(17,18)19)10-5-1-2-6-11(10)14(12)15-7-3-4-8-15/h1-2,5-6,9,16H,3-4,7-8H2,(H,17,18,19). The maximum atomic E-state index is 11.5. The predicted molar refractivity (Wildman–Crippen MR) is 76.9 cm³/mol. The summed E-state index contributed by atoms with van der Waals surface area (Å²) < 4.78 is 32.2. The second-order valence-electron chi connectivity index (χ2n) is 4.96. The molecule has 1 aliphatic rings. The van der Waals surface area contributed by atoms with Crippen LogP contribution in [0, 0.1) is 0 Å². The second kappa shape index (κ2) is 4.64. The molecule has 106 valence electrons. The maximum Gasteiger partial charge on any atom is 0.295 e. The van der Waals surface area contributed by atoms with E-state index in [9.17, 15) is 18.1 Å². The van der Waals surface area contributed by atoms with Crippen molar-refractivity contribution in [1.82, 2.24) is 0 Å². The Morgan fingerprint density at radius 3 is 2.25 bits per heavy atom. The molecule has 0 bridgehead atoms. The molecular formula is C14H15NO4S. The van der Waals surface area contributed by atoms with Gasteiger partial charge in [0, 0.05) is 29.9 Å². The van der Waals surface area contributed by atoms with E-state index in [1.807, 2.05) is 4.90 Å². The van der Waals surface area contributed by atoms with Gasteiger partial charge < -0.3 is 10.0 Å². The number of rotatable bonds is 2. The van der Waals surface area contributed by atoms with Crippen molar-refractivity contribution in [2.75, 3.05) is 18.0 Å². The number of anilines is 1. The lowest BCUT2D eigenvalue weighted by molar-refractivity contribution is 0.467. The van der Waals surface area contributed by atoms with Gasteiger partial charge in [0.2, 0.25) is 0 Å². The van der Waals surface area contributed by atoms with E-state index in [1.54, 1.807) is 24.3 Å². The molecule has 0 radical (unpaired) electrons. The van der Waals surface area contributed by atoms with Crippen LogP contribution in [0.1, 0.15) is 12.8 Å². The van der Waals surface area contributed by atoms with Crippen molar-refractivity contribution in [2.45, 2.75) is 17.7 Å². The Kier molecular flexibility index (Phi) is 3.07. The van der Waals surface area contributed by atoms with Crippen LogP contribution in [0.4, 0.5) is 5.69 Å². The fourth-order valence-corrected chi connectivity index (χ4v) is 3.52. The van der Waals surface area contributed by atoms with E-state index >= 15 is 0 Å². The summed E-state index contributed by atoms with van der Waals surface area (Å²) >= 11 is 0. The highest BCUT2D eigenvalue weighted by Crippen LogP contribution is 2.40. The monoisotopic (exact) mass is 293 g/mol. The van der Waals surface area contributed by atoms with Gasteiger partial charge in [-0.1, -0.05) is 24.3 Å². The van der Waals surface area contributed by atoms with Gasteiger partial charge in [-0.25, -0.2) is 0 Å². The number of nitrogens with zero attached hydrogens (tertiary/aromatic N) is 1. The largest absolute Gasteiger partial charge is 0.506 e. The average Bonchev–Trinajstić information content (AvgIpc) is 2.90. The molecule has 0 spiro atoms.